The summed E-state index contributed by atoms with van der Waals surface area (Å²) in [6.07, 6.45) is -4.73. The molecule has 0 saturated heterocycles. The van der Waals surface area contributed by atoms with E-state index in [0.29, 0.717) is 6.07 Å². The highest BCUT2D eigenvalue weighted by Crippen LogP contribution is 2.35. The Morgan fingerprint density at radius 3 is 2.41 bits per heavy atom. The third kappa shape index (κ3) is 3.32. The summed E-state index contributed by atoms with van der Waals surface area (Å²) in [6.45, 7) is 0. The normalized spacial score (nSPS) is 12.8. The highest BCUT2D eigenvalue weighted by Gasteiger charge is 2.34. The van der Waals surface area contributed by atoms with Crippen molar-refractivity contribution in [2.75, 3.05) is 7.11 Å². The molecule has 0 aromatic heterocycles. The molecule has 0 spiro atoms. The molecule has 17 heavy (non-hydrogen) atoms. The predicted molar refractivity (Wildman–Crippen MR) is 53.8 cm³/mol. The topological polar surface area (TPSA) is 55.4 Å². The van der Waals surface area contributed by atoms with Gasteiger partial charge < -0.3 is 0 Å². The zero-order chi connectivity index (χ0) is 13.3. The summed E-state index contributed by atoms with van der Waals surface area (Å²) in [6, 6.07) is 2.23. The van der Waals surface area contributed by atoms with Crippen molar-refractivity contribution in [1.29, 1.82) is 0 Å². The van der Waals surface area contributed by atoms with Crippen LogP contribution in [-0.2, 0) is 21.0 Å². The fourth-order valence-corrected chi connectivity index (χ4v) is 2.11. The SMILES string of the molecule is CONS(=O)(=O)c1ccc(Cl)c(C(F)(F)F)c1. The molecule has 1 N–H and O–H groups in total. The maximum Gasteiger partial charge on any atom is 0.417 e. The van der Waals surface area contributed by atoms with Crippen LogP contribution < -0.4 is 4.89 Å². The van der Waals surface area contributed by atoms with Gasteiger partial charge in [0.15, 0.2) is 0 Å². The third-order valence-electron chi connectivity index (χ3n) is 1.75. The van der Waals surface area contributed by atoms with Gasteiger partial charge in [-0.3, -0.25) is 4.84 Å². The van der Waals surface area contributed by atoms with Crippen molar-refractivity contribution in [3.8, 4) is 0 Å². The second-order valence-corrected chi connectivity index (χ2v) is 4.98. The van der Waals surface area contributed by atoms with E-state index in [2.05, 4.69) is 4.84 Å². The summed E-state index contributed by atoms with van der Waals surface area (Å²) in [5.74, 6) is 0. The van der Waals surface area contributed by atoms with Crippen LogP contribution in [0.15, 0.2) is 23.1 Å². The van der Waals surface area contributed by atoms with Crippen LogP contribution in [0.25, 0.3) is 0 Å². The van der Waals surface area contributed by atoms with Crippen molar-refractivity contribution < 1.29 is 26.4 Å². The lowest BCUT2D eigenvalue weighted by Gasteiger charge is -2.11. The molecule has 9 heteroatoms. The summed E-state index contributed by atoms with van der Waals surface area (Å²) in [4.78, 5) is 5.18. The minimum atomic E-state index is -4.73. The highest BCUT2D eigenvalue weighted by atomic mass is 35.5. The first-order valence-corrected chi connectivity index (χ1v) is 5.96. The van der Waals surface area contributed by atoms with Crippen LogP contribution >= 0.6 is 11.6 Å². The lowest BCUT2D eigenvalue weighted by atomic mass is 10.2. The zero-order valence-corrected chi connectivity index (χ0v) is 9.95. The van der Waals surface area contributed by atoms with Crippen molar-refractivity contribution in [2.24, 2.45) is 0 Å². The third-order valence-corrected chi connectivity index (χ3v) is 3.34. The molecule has 0 aliphatic rings. The summed E-state index contributed by atoms with van der Waals surface area (Å²) < 4.78 is 60.2. The molecule has 1 rings (SSSR count). The van der Waals surface area contributed by atoms with Gasteiger partial charge in [0.25, 0.3) is 10.0 Å². The van der Waals surface area contributed by atoms with Crippen molar-refractivity contribution in [3.05, 3.63) is 28.8 Å². The maximum atomic E-state index is 12.5. The largest absolute Gasteiger partial charge is 0.417 e. The molecule has 0 heterocycles. The second kappa shape index (κ2) is 4.81. The number of halogens is 4. The monoisotopic (exact) mass is 289 g/mol. The number of alkyl halides is 3. The van der Waals surface area contributed by atoms with E-state index in [1.807, 2.05) is 0 Å². The molecule has 4 nitrogen and oxygen atoms in total. The van der Waals surface area contributed by atoms with Crippen LogP contribution in [0.3, 0.4) is 0 Å². The Morgan fingerprint density at radius 1 is 1.35 bits per heavy atom. The molecule has 96 valence electrons. The highest BCUT2D eigenvalue weighted by molar-refractivity contribution is 7.89. The molecule has 0 saturated carbocycles. The van der Waals surface area contributed by atoms with Gasteiger partial charge in [0.2, 0.25) is 0 Å². The molecule has 0 amide bonds. The molecular formula is C8H7ClF3NO3S. The van der Waals surface area contributed by atoms with Crippen molar-refractivity contribution >= 4 is 21.6 Å². The Hall–Kier alpha value is -0.830. The Balaban J connectivity index is 3.32. The van der Waals surface area contributed by atoms with E-state index in [1.54, 1.807) is 4.89 Å². The van der Waals surface area contributed by atoms with Crippen molar-refractivity contribution in [2.45, 2.75) is 11.1 Å². The average Bonchev–Trinajstić information content (AvgIpc) is 2.15. The smallest absolute Gasteiger partial charge is 0.290 e. The minimum absolute atomic E-state index is 0.434. The number of benzene rings is 1. The molecule has 0 unspecified atom stereocenters. The van der Waals surface area contributed by atoms with Crippen LogP contribution in [0.5, 0.6) is 0 Å². The van der Waals surface area contributed by atoms with Crippen LogP contribution in [0.1, 0.15) is 5.56 Å². The van der Waals surface area contributed by atoms with Crippen LogP contribution in [0, 0.1) is 0 Å². The van der Waals surface area contributed by atoms with Gasteiger partial charge in [-0.15, -0.1) is 0 Å². The first-order valence-electron chi connectivity index (χ1n) is 4.10. The zero-order valence-electron chi connectivity index (χ0n) is 8.38. The Kier molecular flexibility index (Phi) is 4.03. The van der Waals surface area contributed by atoms with Gasteiger partial charge >= 0.3 is 6.18 Å². The second-order valence-electron chi connectivity index (χ2n) is 2.93. The number of nitrogens with one attached hydrogen (secondary N) is 1. The number of rotatable bonds is 3. The molecule has 0 atom stereocenters. The Labute approximate surface area is 100 Å². The quantitative estimate of drug-likeness (QED) is 0.868. The van der Waals surface area contributed by atoms with E-state index in [-0.39, 0.29) is 0 Å². The van der Waals surface area contributed by atoms with Crippen LogP contribution in [0.4, 0.5) is 13.2 Å². The van der Waals surface area contributed by atoms with E-state index in [0.717, 1.165) is 19.2 Å². The average molecular weight is 290 g/mol. The first kappa shape index (κ1) is 14.2. The molecule has 0 radical (unpaired) electrons. The van der Waals surface area contributed by atoms with Gasteiger partial charge in [0, 0.05) is 0 Å². The van der Waals surface area contributed by atoms with Crippen molar-refractivity contribution in [3.63, 3.8) is 0 Å². The molecule has 0 aliphatic heterocycles. The number of sulfonamides is 1. The van der Waals surface area contributed by atoms with Gasteiger partial charge in [0.05, 0.1) is 22.6 Å². The molecule has 1 aromatic carbocycles. The lowest BCUT2D eigenvalue weighted by Crippen LogP contribution is -2.22. The fourth-order valence-electron chi connectivity index (χ4n) is 1.05. The molecule has 0 aliphatic carbocycles. The summed E-state index contributed by atoms with van der Waals surface area (Å²) in [5, 5.41) is -0.575. The first-order chi connectivity index (χ1) is 7.68. The number of hydrogen-bond acceptors (Lipinski definition) is 3. The van der Waals surface area contributed by atoms with E-state index in [9.17, 15) is 21.6 Å². The van der Waals surface area contributed by atoms with Crippen molar-refractivity contribution in [1.82, 2.24) is 4.89 Å². The summed E-state index contributed by atoms with van der Waals surface area (Å²) >= 11 is 5.34. The standard InChI is InChI=1S/C8H7ClF3NO3S/c1-16-13-17(14,15)5-2-3-7(9)6(4-5)8(10,11)12/h2-4,13H,1H3. The van der Waals surface area contributed by atoms with E-state index in [1.165, 1.54) is 0 Å². The van der Waals surface area contributed by atoms with Crippen LogP contribution in [0.2, 0.25) is 5.02 Å². The minimum Gasteiger partial charge on any atom is -0.290 e. The summed E-state index contributed by atoms with van der Waals surface area (Å²) in [7, 11) is -3.11. The van der Waals surface area contributed by atoms with Gasteiger partial charge in [-0.2, -0.15) is 13.2 Å². The molecule has 1 aromatic rings. The van der Waals surface area contributed by atoms with Gasteiger partial charge in [0.1, 0.15) is 0 Å². The predicted octanol–water partition coefficient (Wildman–Crippen LogP) is 2.20. The molecular weight excluding hydrogens is 283 g/mol. The van der Waals surface area contributed by atoms with Gasteiger partial charge in [-0.05, 0) is 18.2 Å². The Bertz CT molecular complexity index is 515. The summed E-state index contributed by atoms with van der Waals surface area (Å²) in [5.41, 5.74) is -1.22. The van der Waals surface area contributed by atoms with Gasteiger partial charge in [-0.25, -0.2) is 8.42 Å². The Morgan fingerprint density at radius 2 is 1.94 bits per heavy atom. The fraction of sp³-hybridized carbons (Fsp3) is 0.250. The molecule has 0 bridgehead atoms. The number of hydrogen-bond donors (Lipinski definition) is 1. The van der Waals surface area contributed by atoms with Gasteiger partial charge in [-0.1, -0.05) is 16.5 Å². The van der Waals surface area contributed by atoms with E-state index >= 15 is 0 Å². The maximum absolute atomic E-state index is 12.5. The van der Waals surface area contributed by atoms with Crippen LogP contribution in [-0.4, -0.2) is 15.5 Å². The lowest BCUT2D eigenvalue weighted by molar-refractivity contribution is -0.137. The van der Waals surface area contributed by atoms with E-state index < -0.39 is 31.7 Å². The molecule has 0 fully saturated rings. The van der Waals surface area contributed by atoms with E-state index in [4.69, 9.17) is 11.6 Å².